The average molecular weight is 552 g/mol. The number of nitrogens with zero attached hydrogens (tertiary/aromatic N) is 1. The molecule has 1 saturated heterocycles. The molecule has 0 amide bonds. The summed E-state index contributed by atoms with van der Waals surface area (Å²) in [6.45, 7) is 0.729. The van der Waals surface area contributed by atoms with Crippen LogP contribution < -0.4 is 10.1 Å². The van der Waals surface area contributed by atoms with E-state index in [2.05, 4.69) is 57.6 Å². The maximum atomic E-state index is 12.3. The van der Waals surface area contributed by atoms with Crippen LogP contribution in [-0.4, -0.2) is 35.4 Å². The lowest BCUT2D eigenvalue weighted by molar-refractivity contribution is -0.0191. The number of benzene rings is 3. The first-order valence-corrected chi connectivity index (χ1v) is 13.0. The zero-order valence-corrected chi connectivity index (χ0v) is 21.9. The molecule has 1 aromatic heterocycles. The van der Waals surface area contributed by atoms with Crippen molar-refractivity contribution in [3.8, 4) is 5.88 Å². The van der Waals surface area contributed by atoms with E-state index in [1.807, 2.05) is 42.5 Å². The molecule has 0 bridgehead atoms. The molecule has 1 fully saturated rings. The smallest absolute Gasteiger partial charge is 0.217 e. The lowest BCUT2D eigenvalue weighted by Crippen LogP contribution is -2.52. The molecule has 0 saturated carbocycles. The van der Waals surface area contributed by atoms with Crippen molar-refractivity contribution in [1.82, 2.24) is 10.3 Å². The van der Waals surface area contributed by atoms with E-state index < -0.39 is 5.60 Å². The van der Waals surface area contributed by atoms with Crippen LogP contribution in [0.1, 0.15) is 35.4 Å². The third-order valence-electron chi connectivity index (χ3n) is 6.93. The Morgan fingerprint density at radius 2 is 1.89 bits per heavy atom. The van der Waals surface area contributed by atoms with Crippen molar-refractivity contribution in [2.75, 3.05) is 13.7 Å². The molecule has 4 aromatic rings. The van der Waals surface area contributed by atoms with Gasteiger partial charge in [-0.1, -0.05) is 70.0 Å². The molecule has 2 unspecified atom stereocenters. The molecule has 180 valence electrons. The van der Waals surface area contributed by atoms with E-state index in [1.165, 1.54) is 5.56 Å². The molecule has 35 heavy (non-hydrogen) atoms. The number of hydrogen-bond acceptors (Lipinski definition) is 4. The van der Waals surface area contributed by atoms with Gasteiger partial charge < -0.3 is 15.2 Å². The number of methoxy groups -OCH3 is 1. The average Bonchev–Trinajstić information content (AvgIpc) is 2.85. The molecule has 0 spiro atoms. The topological polar surface area (TPSA) is 54.4 Å². The first-order valence-electron chi connectivity index (χ1n) is 11.8. The standard InChI is InChI=1S/C29H28BrClN2O2/c1-35-28-25(17-21-16-22(30)9-12-26(21)33-28)27(20-7-10-23(31)11-8-20)29(34)13-14-32-24(18-29)15-19-5-3-2-4-6-19/h2-12,16-17,24,27,32,34H,13-15,18H2,1H3/t24-,27?,29?/m0/s1. The van der Waals surface area contributed by atoms with Gasteiger partial charge in [0.2, 0.25) is 5.88 Å². The molecule has 2 heterocycles. The van der Waals surface area contributed by atoms with Gasteiger partial charge in [0.05, 0.1) is 18.2 Å². The number of hydrogen-bond donors (Lipinski definition) is 2. The minimum atomic E-state index is -0.993. The zero-order chi connectivity index (χ0) is 24.4. The molecule has 2 N–H and O–H groups in total. The fraction of sp³-hybridized carbons (Fsp3) is 0.276. The van der Waals surface area contributed by atoms with Gasteiger partial charge in [-0.3, -0.25) is 0 Å². The predicted octanol–water partition coefficient (Wildman–Crippen LogP) is 6.52. The molecule has 6 heteroatoms. The highest BCUT2D eigenvalue weighted by atomic mass is 79.9. The minimum Gasteiger partial charge on any atom is -0.481 e. The Hall–Kier alpha value is -2.44. The highest BCUT2D eigenvalue weighted by Gasteiger charge is 2.44. The van der Waals surface area contributed by atoms with Crippen molar-refractivity contribution in [3.05, 3.63) is 105 Å². The summed E-state index contributed by atoms with van der Waals surface area (Å²) in [5.74, 6) is 0.206. The number of fused-ring (bicyclic) bond motifs is 1. The number of aliphatic hydroxyl groups is 1. The van der Waals surface area contributed by atoms with Gasteiger partial charge in [-0.2, -0.15) is 0 Å². The summed E-state index contributed by atoms with van der Waals surface area (Å²) in [4.78, 5) is 4.82. The van der Waals surface area contributed by atoms with E-state index in [-0.39, 0.29) is 12.0 Å². The second-order valence-electron chi connectivity index (χ2n) is 9.31. The second kappa shape index (κ2) is 10.3. The maximum Gasteiger partial charge on any atom is 0.217 e. The third kappa shape index (κ3) is 5.24. The van der Waals surface area contributed by atoms with Crippen LogP contribution in [0.2, 0.25) is 5.02 Å². The van der Waals surface area contributed by atoms with Crippen LogP contribution in [0.15, 0.2) is 83.3 Å². The van der Waals surface area contributed by atoms with Crippen LogP contribution in [0.3, 0.4) is 0 Å². The van der Waals surface area contributed by atoms with Crippen LogP contribution in [0.4, 0.5) is 0 Å². The van der Waals surface area contributed by atoms with Gasteiger partial charge in [0, 0.05) is 32.4 Å². The van der Waals surface area contributed by atoms with Crippen molar-refractivity contribution < 1.29 is 9.84 Å². The molecule has 1 aliphatic heterocycles. The Bertz CT molecular complexity index is 1320. The SMILES string of the molecule is COc1nc2ccc(Br)cc2cc1C(c1ccc(Cl)cc1)C1(O)CCN[C@@H](Cc2ccccc2)C1. The van der Waals surface area contributed by atoms with Gasteiger partial charge in [0.15, 0.2) is 0 Å². The molecule has 0 radical (unpaired) electrons. The van der Waals surface area contributed by atoms with E-state index in [0.717, 1.165) is 39.5 Å². The summed E-state index contributed by atoms with van der Waals surface area (Å²) in [5.41, 5.74) is 2.98. The van der Waals surface area contributed by atoms with Gasteiger partial charge >= 0.3 is 0 Å². The molecule has 4 nitrogen and oxygen atoms in total. The Morgan fingerprint density at radius 1 is 1.11 bits per heavy atom. The van der Waals surface area contributed by atoms with Crippen LogP contribution in [0, 0.1) is 0 Å². The quantitative estimate of drug-likeness (QED) is 0.287. The first-order chi connectivity index (χ1) is 16.9. The van der Waals surface area contributed by atoms with Crippen LogP contribution >= 0.6 is 27.5 Å². The number of aromatic nitrogens is 1. The third-order valence-corrected chi connectivity index (χ3v) is 7.68. The normalized spacial score (nSPS) is 21.1. The monoisotopic (exact) mass is 550 g/mol. The van der Waals surface area contributed by atoms with Crippen molar-refractivity contribution >= 4 is 38.4 Å². The zero-order valence-electron chi connectivity index (χ0n) is 19.5. The lowest BCUT2D eigenvalue weighted by atomic mass is 9.70. The highest BCUT2D eigenvalue weighted by molar-refractivity contribution is 9.10. The molecular formula is C29H28BrClN2O2. The van der Waals surface area contributed by atoms with Crippen LogP contribution in [0.25, 0.3) is 10.9 Å². The van der Waals surface area contributed by atoms with Crippen molar-refractivity contribution in [2.45, 2.75) is 36.8 Å². The summed E-state index contributed by atoms with van der Waals surface area (Å²) in [7, 11) is 1.64. The summed E-state index contributed by atoms with van der Waals surface area (Å²) < 4.78 is 6.77. The number of ether oxygens (including phenoxy) is 1. The molecule has 5 rings (SSSR count). The maximum absolute atomic E-state index is 12.3. The minimum absolute atomic E-state index is 0.152. The van der Waals surface area contributed by atoms with E-state index >= 15 is 0 Å². The molecule has 3 atom stereocenters. The van der Waals surface area contributed by atoms with Gasteiger partial charge in [0.25, 0.3) is 0 Å². The summed E-state index contributed by atoms with van der Waals surface area (Å²) >= 11 is 9.81. The Morgan fingerprint density at radius 3 is 2.63 bits per heavy atom. The van der Waals surface area contributed by atoms with E-state index in [4.69, 9.17) is 21.3 Å². The first kappa shape index (κ1) is 24.3. The molecule has 1 aliphatic rings. The summed E-state index contributed by atoms with van der Waals surface area (Å²) in [6, 6.07) is 26.5. The van der Waals surface area contributed by atoms with Crippen LogP contribution in [-0.2, 0) is 6.42 Å². The number of halogens is 2. The highest BCUT2D eigenvalue weighted by Crippen LogP contribution is 2.45. The second-order valence-corrected chi connectivity index (χ2v) is 10.7. The fourth-order valence-corrected chi connectivity index (χ4v) is 5.85. The van der Waals surface area contributed by atoms with E-state index in [0.29, 0.717) is 23.7 Å². The number of nitrogens with one attached hydrogen (secondary N) is 1. The fourth-order valence-electron chi connectivity index (χ4n) is 5.35. The van der Waals surface area contributed by atoms with Crippen LogP contribution in [0.5, 0.6) is 5.88 Å². The van der Waals surface area contributed by atoms with Crippen molar-refractivity contribution in [1.29, 1.82) is 0 Å². The molecule has 0 aliphatic carbocycles. The predicted molar refractivity (Wildman–Crippen MR) is 145 cm³/mol. The van der Waals surface area contributed by atoms with Crippen molar-refractivity contribution in [2.24, 2.45) is 0 Å². The summed E-state index contributed by atoms with van der Waals surface area (Å²) in [5, 5.41) is 17.6. The molecular weight excluding hydrogens is 524 g/mol. The number of pyridine rings is 1. The van der Waals surface area contributed by atoms with Gasteiger partial charge in [-0.25, -0.2) is 4.98 Å². The lowest BCUT2D eigenvalue weighted by Gasteiger charge is -2.43. The molecule has 3 aromatic carbocycles. The Labute approximate surface area is 219 Å². The number of piperidine rings is 1. The van der Waals surface area contributed by atoms with E-state index in [1.54, 1.807) is 7.11 Å². The van der Waals surface area contributed by atoms with Gasteiger partial charge in [0.1, 0.15) is 0 Å². The largest absolute Gasteiger partial charge is 0.481 e. The number of rotatable bonds is 6. The van der Waals surface area contributed by atoms with E-state index in [9.17, 15) is 5.11 Å². The summed E-state index contributed by atoms with van der Waals surface area (Å²) in [6.07, 6.45) is 2.08. The Kier molecular flexibility index (Phi) is 7.12. The van der Waals surface area contributed by atoms with Crippen molar-refractivity contribution in [3.63, 3.8) is 0 Å². The van der Waals surface area contributed by atoms with Gasteiger partial charge in [-0.05, 0) is 73.3 Å². The Balaban J connectivity index is 1.60. The van der Waals surface area contributed by atoms with Gasteiger partial charge in [-0.15, -0.1) is 0 Å².